The van der Waals surface area contributed by atoms with Crippen LogP contribution in [0.2, 0.25) is 10.0 Å². The molecule has 0 atom stereocenters. The average molecular weight is 305 g/mol. The minimum Gasteiger partial charge on any atom is -0.481 e. The van der Waals surface area contributed by atoms with Crippen molar-refractivity contribution in [2.75, 3.05) is 5.75 Å². The Bertz CT molecular complexity index is 588. The Kier molecular flexibility index (Phi) is 4.11. The third-order valence-corrected chi connectivity index (χ3v) is 3.53. The van der Waals surface area contributed by atoms with Crippen LogP contribution in [0.25, 0.3) is 11.5 Å². The lowest BCUT2D eigenvalue weighted by atomic mass is 10.2. The Morgan fingerprint density at radius 3 is 2.89 bits per heavy atom. The number of aromatic nitrogens is 2. The second-order valence-corrected chi connectivity index (χ2v) is 4.87. The maximum absolute atomic E-state index is 10.4. The van der Waals surface area contributed by atoms with Gasteiger partial charge in [-0.15, -0.1) is 10.2 Å². The van der Waals surface area contributed by atoms with E-state index in [9.17, 15) is 4.79 Å². The number of thioether (sulfide) groups is 1. The van der Waals surface area contributed by atoms with Gasteiger partial charge >= 0.3 is 5.97 Å². The second-order valence-electron chi connectivity index (χ2n) is 3.16. The Balaban J connectivity index is 2.24. The number of carboxylic acid groups (broad SMARTS) is 1. The fraction of sp³-hybridized carbons (Fsp3) is 0.100. The van der Waals surface area contributed by atoms with Gasteiger partial charge in [0.2, 0.25) is 5.89 Å². The molecular weight excluding hydrogens is 299 g/mol. The quantitative estimate of drug-likeness (QED) is 0.874. The van der Waals surface area contributed by atoms with Crippen LogP contribution in [0.3, 0.4) is 0 Å². The number of rotatable bonds is 4. The molecule has 2 rings (SSSR count). The average Bonchev–Trinajstić information content (AvgIpc) is 2.78. The summed E-state index contributed by atoms with van der Waals surface area (Å²) in [5, 5.41) is 16.9. The number of benzene rings is 1. The zero-order valence-electron chi connectivity index (χ0n) is 8.76. The van der Waals surface area contributed by atoms with Crippen molar-refractivity contribution in [2.24, 2.45) is 0 Å². The van der Waals surface area contributed by atoms with E-state index in [4.69, 9.17) is 32.7 Å². The highest BCUT2D eigenvalue weighted by Crippen LogP contribution is 2.33. The molecule has 0 bridgehead atoms. The molecule has 2 aromatic rings. The van der Waals surface area contributed by atoms with Gasteiger partial charge in [-0.1, -0.05) is 41.0 Å². The fourth-order valence-corrected chi connectivity index (χ4v) is 2.03. The van der Waals surface area contributed by atoms with E-state index >= 15 is 0 Å². The number of hydrogen-bond acceptors (Lipinski definition) is 5. The highest BCUT2D eigenvalue weighted by molar-refractivity contribution is 7.99. The molecule has 0 amide bonds. The van der Waals surface area contributed by atoms with Crippen LogP contribution in [-0.4, -0.2) is 27.0 Å². The fourth-order valence-electron chi connectivity index (χ4n) is 1.17. The van der Waals surface area contributed by atoms with E-state index in [-0.39, 0.29) is 16.9 Å². The minimum absolute atomic E-state index is 0.148. The molecule has 0 spiro atoms. The maximum Gasteiger partial charge on any atom is 0.314 e. The molecule has 0 radical (unpaired) electrons. The van der Waals surface area contributed by atoms with Crippen molar-refractivity contribution in [3.8, 4) is 11.5 Å². The van der Waals surface area contributed by atoms with E-state index < -0.39 is 5.97 Å². The van der Waals surface area contributed by atoms with Gasteiger partial charge < -0.3 is 9.52 Å². The van der Waals surface area contributed by atoms with E-state index in [2.05, 4.69) is 10.2 Å². The van der Waals surface area contributed by atoms with Crippen LogP contribution >= 0.6 is 35.0 Å². The molecule has 8 heteroatoms. The highest BCUT2D eigenvalue weighted by Gasteiger charge is 2.14. The molecule has 0 aliphatic heterocycles. The molecule has 5 nitrogen and oxygen atoms in total. The first-order valence-electron chi connectivity index (χ1n) is 4.70. The Morgan fingerprint density at radius 2 is 2.17 bits per heavy atom. The van der Waals surface area contributed by atoms with Crippen LogP contribution in [0.4, 0.5) is 0 Å². The molecule has 94 valence electrons. The first kappa shape index (κ1) is 13.2. The summed E-state index contributed by atoms with van der Waals surface area (Å²) < 4.78 is 5.29. The number of nitrogens with zero attached hydrogens (tertiary/aromatic N) is 2. The van der Waals surface area contributed by atoms with Gasteiger partial charge in [-0.2, -0.15) is 0 Å². The van der Waals surface area contributed by atoms with E-state index in [1.807, 2.05) is 0 Å². The normalized spacial score (nSPS) is 10.6. The largest absolute Gasteiger partial charge is 0.481 e. The maximum atomic E-state index is 10.4. The summed E-state index contributed by atoms with van der Waals surface area (Å²) in [5.74, 6) is -0.902. The van der Waals surface area contributed by atoms with Crippen molar-refractivity contribution in [2.45, 2.75) is 5.22 Å². The summed E-state index contributed by atoms with van der Waals surface area (Å²) in [7, 11) is 0. The highest BCUT2D eigenvalue weighted by atomic mass is 35.5. The topological polar surface area (TPSA) is 76.2 Å². The molecule has 0 saturated heterocycles. The van der Waals surface area contributed by atoms with Crippen LogP contribution < -0.4 is 0 Å². The van der Waals surface area contributed by atoms with E-state index in [1.54, 1.807) is 18.2 Å². The first-order valence-corrected chi connectivity index (χ1v) is 6.44. The van der Waals surface area contributed by atoms with Gasteiger partial charge in [0, 0.05) is 0 Å². The molecule has 0 aliphatic carbocycles. The molecule has 0 saturated carbocycles. The number of hydrogen-bond donors (Lipinski definition) is 1. The number of carboxylic acids is 1. The standard InChI is InChI=1S/C10H6Cl2N2O3S/c11-6-3-1-2-5(8(6)12)9-13-14-10(17-9)18-4-7(15)16/h1-3H,4H2,(H,15,16). The third kappa shape index (κ3) is 2.95. The van der Waals surface area contributed by atoms with Gasteiger partial charge in [0.25, 0.3) is 5.22 Å². The second kappa shape index (κ2) is 5.60. The lowest BCUT2D eigenvalue weighted by Gasteiger charge is -1.99. The van der Waals surface area contributed by atoms with Crippen molar-refractivity contribution >= 4 is 40.9 Å². The predicted molar refractivity (Wildman–Crippen MR) is 68.1 cm³/mol. The zero-order chi connectivity index (χ0) is 13.1. The van der Waals surface area contributed by atoms with E-state index in [0.717, 1.165) is 11.8 Å². The van der Waals surface area contributed by atoms with Crippen molar-refractivity contribution in [3.05, 3.63) is 28.2 Å². The number of aliphatic carboxylic acids is 1. The smallest absolute Gasteiger partial charge is 0.314 e. The monoisotopic (exact) mass is 304 g/mol. The molecule has 0 unspecified atom stereocenters. The van der Waals surface area contributed by atoms with Crippen molar-refractivity contribution in [1.29, 1.82) is 0 Å². The van der Waals surface area contributed by atoms with Gasteiger partial charge in [0.1, 0.15) is 5.75 Å². The van der Waals surface area contributed by atoms with Gasteiger partial charge in [-0.3, -0.25) is 4.79 Å². The predicted octanol–water partition coefficient (Wildman–Crippen LogP) is 3.22. The summed E-state index contributed by atoms with van der Waals surface area (Å²) >= 11 is 12.8. The molecule has 1 aromatic carbocycles. The van der Waals surface area contributed by atoms with Crippen LogP contribution in [0.1, 0.15) is 0 Å². The van der Waals surface area contributed by atoms with Gasteiger partial charge in [0.05, 0.1) is 15.6 Å². The Labute approximate surface area is 116 Å². The van der Waals surface area contributed by atoms with Crippen LogP contribution in [0.5, 0.6) is 0 Å². The summed E-state index contributed by atoms with van der Waals surface area (Å²) in [4.78, 5) is 10.4. The van der Waals surface area contributed by atoms with Crippen LogP contribution in [0, 0.1) is 0 Å². The summed E-state index contributed by atoms with van der Waals surface area (Å²) in [5.41, 5.74) is 0.513. The molecule has 18 heavy (non-hydrogen) atoms. The van der Waals surface area contributed by atoms with Crippen molar-refractivity contribution in [3.63, 3.8) is 0 Å². The third-order valence-electron chi connectivity index (χ3n) is 1.91. The van der Waals surface area contributed by atoms with Gasteiger partial charge in [-0.25, -0.2) is 0 Å². The lowest BCUT2D eigenvalue weighted by molar-refractivity contribution is -0.133. The van der Waals surface area contributed by atoms with E-state index in [0.29, 0.717) is 15.6 Å². The zero-order valence-corrected chi connectivity index (χ0v) is 11.1. The van der Waals surface area contributed by atoms with Crippen LogP contribution in [-0.2, 0) is 4.79 Å². The molecule has 1 heterocycles. The minimum atomic E-state index is -0.958. The van der Waals surface area contributed by atoms with Crippen molar-refractivity contribution in [1.82, 2.24) is 10.2 Å². The van der Waals surface area contributed by atoms with E-state index in [1.165, 1.54) is 0 Å². The number of carbonyl (C=O) groups is 1. The molecule has 0 fully saturated rings. The summed E-state index contributed by atoms with van der Waals surface area (Å²) in [6, 6.07) is 5.04. The summed E-state index contributed by atoms with van der Waals surface area (Å²) in [6.45, 7) is 0. The molecule has 1 aromatic heterocycles. The van der Waals surface area contributed by atoms with Gasteiger partial charge in [-0.05, 0) is 12.1 Å². The van der Waals surface area contributed by atoms with Gasteiger partial charge in [0.15, 0.2) is 0 Å². The Hall–Kier alpha value is -1.24. The molecule has 0 aliphatic rings. The first-order chi connectivity index (χ1) is 8.58. The Morgan fingerprint density at radius 1 is 1.39 bits per heavy atom. The molecular formula is C10H6Cl2N2O3S. The lowest BCUT2D eigenvalue weighted by Crippen LogP contribution is -1.97. The number of halogens is 2. The SMILES string of the molecule is O=C(O)CSc1nnc(-c2cccc(Cl)c2Cl)o1. The van der Waals surface area contributed by atoms with Crippen molar-refractivity contribution < 1.29 is 14.3 Å². The molecule has 1 N–H and O–H groups in total. The summed E-state index contributed by atoms with van der Waals surface area (Å²) in [6.07, 6.45) is 0. The van der Waals surface area contributed by atoms with Crippen LogP contribution in [0.15, 0.2) is 27.8 Å².